The Morgan fingerprint density at radius 2 is 2.30 bits per heavy atom. The van der Waals surface area contributed by atoms with Crippen LogP contribution in [0.2, 0.25) is 0 Å². The molecule has 5 heteroatoms. The van der Waals surface area contributed by atoms with Crippen LogP contribution < -0.4 is 0 Å². The number of nitrogens with zero attached hydrogens (tertiary/aromatic N) is 3. The second kappa shape index (κ2) is 5.23. The first-order valence-electron chi connectivity index (χ1n) is 7.28. The van der Waals surface area contributed by atoms with E-state index in [-0.39, 0.29) is 6.04 Å². The van der Waals surface area contributed by atoms with Gasteiger partial charge in [-0.1, -0.05) is 37.5 Å². The summed E-state index contributed by atoms with van der Waals surface area (Å²) >= 11 is 0. The molecule has 0 spiro atoms. The summed E-state index contributed by atoms with van der Waals surface area (Å²) in [6.45, 7) is 2.22. The minimum Gasteiger partial charge on any atom is -0.478 e. The second-order valence-corrected chi connectivity index (χ2v) is 5.61. The number of aromatic nitrogens is 3. The van der Waals surface area contributed by atoms with Crippen molar-refractivity contribution in [2.75, 3.05) is 0 Å². The third-order valence-electron chi connectivity index (χ3n) is 4.40. The fourth-order valence-electron chi connectivity index (χ4n) is 3.28. The molecule has 0 radical (unpaired) electrons. The second-order valence-electron chi connectivity index (χ2n) is 5.61. The number of hydrogen-bond donors (Lipinski definition) is 1. The zero-order chi connectivity index (χ0) is 14.1. The van der Waals surface area contributed by atoms with Crippen molar-refractivity contribution in [1.29, 1.82) is 0 Å². The van der Waals surface area contributed by atoms with E-state index in [2.05, 4.69) is 17.2 Å². The van der Waals surface area contributed by atoms with Crippen LogP contribution >= 0.6 is 0 Å². The zero-order valence-corrected chi connectivity index (χ0v) is 11.6. The number of hydrogen-bond acceptors (Lipinski definition) is 3. The Kier molecular flexibility index (Phi) is 3.42. The van der Waals surface area contributed by atoms with Crippen LogP contribution in [0, 0.1) is 5.92 Å². The molecule has 1 saturated carbocycles. The van der Waals surface area contributed by atoms with Gasteiger partial charge in [-0.25, -0.2) is 9.48 Å². The van der Waals surface area contributed by atoms with Gasteiger partial charge in [0, 0.05) is 0 Å². The highest BCUT2D eigenvalue weighted by Gasteiger charge is 2.26. The SMILES string of the molecule is CCC1CCCC(n2nnc3cccc(C(=O)O)c32)C1. The lowest BCUT2D eigenvalue weighted by Crippen LogP contribution is -2.20. The first-order valence-corrected chi connectivity index (χ1v) is 7.28. The van der Waals surface area contributed by atoms with E-state index in [1.54, 1.807) is 12.1 Å². The highest BCUT2D eigenvalue weighted by atomic mass is 16.4. The largest absolute Gasteiger partial charge is 0.478 e. The summed E-state index contributed by atoms with van der Waals surface area (Å²) in [5.41, 5.74) is 1.64. The van der Waals surface area contributed by atoms with Gasteiger partial charge in [0.1, 0.15) is 11.0 Å². The van der Waals surface area contributed by atoms with Crippen molar-refractivity contribution < 1.29 is 9.90 Å². The molecule has 106 valence electrons. The summed E-state index contributed by atoms with van der Waals surface area (Å²) in [5, 5.41) is 17.7. The van der Waals surface area contributed by atoms with Gasteiger partial charge in [0.05, 0.1) is 11.6 Å². The normalized spacial score (nSPS) is 23.1. The topological polar surface area (TPSA) is 68.0 Å². The van der Waals surface area contributed by atoms with Crippen molar-refractivity contribution in [3.63, 3.8) is 0 Å². The van der Waals surface area contributed by atoms with E-state index >= 15 is 0 Å². The number of rotatable bonds is 3. The van der Waals surface area contributed by atoms with Gasteiger partial charge in [0.2, 0.25) is 0 Å². The van der Waals surface area contributed by atoms with Gasteiger partial charge in [-0.3, -0.25) is 0 Å². The molecule has 1 aliphatic carbocycles. The molecule has 1 aromatic carbocycles. The molecule has 0 saturated heterocycles. The molecule has 1 aromatic heterocycles. The maximum absolute atomic E-state index is 11.4. The Morgan fingerprint density at radius 1 is 1.45 bits per heavy atom. The van der Waals surface area contributed by atoms with Crippen molar-refractivity contribution in [3.05, 3.63) is 23.8 Å². The van der Waals surface area contributed by atoms with Crippen LogP contribution in [0.5, 0.6) is 0 Å². The third-order valence-corrected chi connectivity index (χ3v) is 4.40. The van der Waals surface area contributed by atoms with Gasteiger partial charge in [0.25, 0.3) is 0 Å². The van der Waals surface area contributed by atoms with Gasteiger partial charge in [-0.15, -0.1) is 5.10 Å². The number of benzene rings is 1. The summed E-state index contributed by atoms with van der Waals surface area (Å²) in [6.07, 6.45) is 5.76. The van der Waals surface area contributed by atoms with Crippen LogP contribution in [-0.4, -0.2) is 26.1 Å². The Labute approximate surface area is 117 Å². The standard InChI is InChI=1S/C15H19N3O2/c1-2-10-5-3-6-11(9-10)18-14-12(15(19)20)7-4-8-13(14)16-17-18/h4,7-8,10-11H,2-3,5-6,9H2,1H3,(H,19,20). The molecule has 3 rings (SSSR count). The number of fused-ring (bicyclic) bond motifs is 1. The van der Waals surface area contributed by atoms with Crippen molar-refractivity contribution in [3.8, 4) is 0 Å². The van der Waals surface area contributed by atoms with Gasteiger partial charge >= 0.3 is 5.97 Å². The third kappa shape index (κ3) is 2.17. The van der Waals surface area contributed by atoms with E-state index in [9.17, 15) is 9.90 Å². The molecular weight excluding hydrogens is 254 g/mol. The lowest BCUT2D eigenvalue weighted by Gasteiger charge is -2.28. The number of carboxylic acid groups (broad SMARTS) is 1. The fraction of sp³-hybridized carbons (Fsp3) is 0.533. The average Bonchev–Trinajstić information content (AvgIpc) is 2.91. The van der Waals surface area contributed by atoms with Crippen molar-refractivity contribution in [1.82, 2.24) is 15.0 Å². The molecule has 20 heavy (non-hydrogen) atoms. The van der Waals surface area contributed by atoms with Gasteiger partial charge in [0.15, 0.2) is 0 Å². The molecule has 0 amide bonds. The minimum atomic E-state index is -0.915. The van der Waals surface area contributed by atoms with Gasteiger partial charge in [-0.2, -0.15) is 0 Å². The smallest absolute Gasteiger partial charge is 0.337 e. The molecule has 1 N–H and O–H groups in total. The molecule has 1 heterocycles. The molecule has 0 aliphatic heterocycles. The predicted molar refractivity (Wildman–Crippen MR) is 75.8 cm³/mol. The number of carboxylic acids is 1. The highest BCUT2D eigenvalue weighted by Crippen LogP contribution is 2.35. The van der Waals surface area contributed by atoms with E-state index in [0.717, 1.165) is 12.8 Å². The lowest BCUT2D eigenvalue weighted by molar-refractivity contribution is 0.0698. The molecule has 0 bridgehead atoms. The lowest BCUT2D eigenvalue weighted by atomic mass is 9.84. The Morgan fingerprint density at radius 3 is 3.05 bits per heavy atom. The predicted octanol–water partition coefficient (Wildman–Crippen LogP) is 3.27. The van der Waals surface area contributed by atoms with E-state index in [0.29, 0.717) is 22.5 Å². The van der Waals surface area contributed by atoms with Crippen LogP contribution in [0.3, 0.4) is 0 Å². The van der Waals surface area contributed by atoms with Crippen LogP contribution in [0.4, 0.5) is 0 Å². The summed E-state index contributed by atoms with van der Waals surface area (Å²) in [7, 11) is 0. The Bertz CT molecular complexity index is 635. The first-order chi connectivity index (χ1) is 9.70. The van der Waals surface area contributed by atoms with E-state index in [1.807, 2.05) is 10.7 Å². The van der Waals surface area contributed by atoms with Crippen LogP contribution in [-0.2, 0) is 0 Å². The Hall–Kier alpha value is -1.91. The van der Waals surface area contributed by atoms with E-state index in [4.69, 9.17) is 0 Å². The number of aromatic carboxylic acids is 1. The van der Waals surface area contributed by atoms with Crippen LogP contribution in [0.25, 0.3) is 11.0 Å². The Balaban J connectivity index is 2.05. The molecule has 2 aromatic rings. The number of para-hydroxylation sites is 1. The van der Waals surface area contributed by atoms with Crippen molar-refractivity contribution >= 4 is 17.0 Å². The fourth-order valence-corrected chi connectivity index (χ4v) is 3.28. The van der Waals surface area contributed by atoms with Gasteiger partial charge < -0.3 is 5.11 Å². The van der Waals surface area contributed by atoms with Gasteiger partial charge in [-0.05, 0) is 30.9 Å². The van der Waals surface area contributed by atoms with Crippen LogP contribution in [0.1, 0.15) is 55.4 Å². The molecule has 5 nitrogen and oxygen atoms in total. The monoisotopic (exact) mass is 273 g/mol. The summed E-state index contributed by atoms with van der Waals surface area (Å²) < 4.78 is 1.85. The first kappa shape index (κ1) is 13.1. The van der Waals surface area contributed by atoms with E-state index in [1.165, 1.54) is 19.3 Å². The quantitative estimate of drug-likeness (QED) is 0.931. The molecule has 1 fully saturated rings. The highest BCUT2D eigenvalue weighted by molar-refractivity contribution is 6.00. The average molecular weight is 273 g/mol. The molecule has 1 aliphatic rings. The summed E-state index contributed by atoms with van der Waals surface area (Å²) in [6, 6.07) is 5.45. The van der Waals surface area contributed by atoms with E-state index < -0.39 is 5.97 Å². The molecule has 2 atom stereocenters. The molecule has 2 unspecified atom stereocenters. The van der Waals surface area contributed by atoms with Crippen molar-refractivity contribution in [2.24, 2.45) is 5.92 Å². The maximum atomic E-state index is 11.4. The molecular formula is C15H19N3O2. The van der Waals surface area contributed by atoms with Crippen LogP contribution in [0.15, 0.2) is 18.2 Å². The minimum absolute atomic E-state index is 0.277. The summed E-state index contributed by atoms with van der Waals surface area (Å²) in [5.74, 6) is -0.202. The number of carbonyl (C=O) groups is 1. The summed E-state index contributed by atoms with van der Waals surface area (Å²) in [4.78, 5) is 11.4. The maximum Gasteiger partial charge on any atom is 0.337 e. The van der Waals surface area contributed by atoms with Crippen molar-refractivity contribution in [2.45, 2.75) is 45.1 Å². The zero-order valence-electron chi connectivity index (χ0n) is 11.6.